The molecule has 0 spiro atoms. The predicted molar refractivity (Wildman–Crippen MR) is 113 cm³/mol. The quantitative estimate of drug-likeness (QED) is 0.583. The number of aromatic nitrogens is 2. The van der Waals surface area contributed by atoms with Crippen molar-refractivity contribution in [1.82, 2.24) is 15.3 Å². The molecule has 31 heavy (non-hydrogen) atoms. The molecular formula is C23H23N3O5. The van der Waals surface area contributed by atoms with E-state index in [9.17, 15) is 14.4 Å². The molecule has 160 valence electrons. The number of carbonyl (C=O) groups excluding carboxylic acids is 3. The van der Waals surface area contributed by atoms with Crippen molar-refractivity contribution in [3.05, 3.63) is 71.0 Å². The van der Waals surface area contributed by atoms with Gasteiger partial charge in [-0.3, -0.25) is 4.79 Å². The van der Waals surface area contributed by atoms with Gasteiger partial charge in [0.05, 0.1) is 35.1 Å². The van der Waals surface area contributed by atoms with Crippen LogP contribution in [0.25, 0.3) is 11.0 Å². The SMILES string of the molecule is COC(=O)[C@@H](Cc1ccccc1)NC(=O)COC(=O)c1ccc2nc(C)c(C)nc2c1. The Bertz CT molecular complexity index is 1110. The van der Waals surface area contributed by atoms with Crippen LogP contribution in [0.2, 0.25) is 0 Å². The van der Waals surface area contributed by atoms with Crippen LogP contribution in [0.4, 0.5) is 0 Å². The van der Waals surface area contributed by atoms with Gasteiger partial charge in [0.2, 0.25) is 0 Å². The van der Waals surface area contributed by atoms with Crippen molar-refractivity contribution < 1.29 is 23.9 Å². The summed E-state index contributed by atoms with van der Waals surface area (Å²) < 4.78 is 9.87. The summed E-state index contributed by atoms with van der Waals surface area (Å²) in [5, 5.41) is 2.55. The molecule has 1 heterocycles. The summed E-state index contributed by atoms with van der Waals surface area (Å²) in [6.07, 6.45) is 0.259. The molecular weight excluding hydrogens is 398 g/mol. The van der Waals surface area contributed by atoms with Gasteiger partial charge in [-0.25, -0.2) is 19.6 Å². The number of benzene rings is 2. The molecule has 3 rings (SSSR count). The van der Waals surface area contributed by atoms with E-state index in [0.717, 1.165) is 17.0 Å². The van der Waals surface area contributed by atoms with E-state index in [4.69, 9.17) is 9.47 Å². The molecule has 0 saturated heterocycles. The first-order valence-electron chi connectivity index (χ1n) is 9.70. The number of hydrogen-bond donors (Lipinski definition) is 1. The molecule has 1 N–H and O–H groups in total. The van der Waals surface area contributed by atoms with Crippen LogP contribution in [-0.4, -0.2) is 47.6 Å². The minimum atomic E-state index is -0.888. The molecule has 0 unspecified atom stereocenters. The molecule has 0 aliphatic carbocycles. The zero-order chi connectivity index (χ0) is 22.4. The van der Waals surface area contributed by atoms with Crippen LogP contribution >= 0.6 is 0 Å². The highest BCUT2D eigenvalue weighted by Crippen LogP contribution is 2.15. The Hall–Kier alpha value is -3.81. The first-order valence-corrected chi connectivity index (χ1v) is 9.70. The fourth-order valence-electron chi connectivity index (χ4n) is 2.99. The van der Waals surface area contributed by atoms with Gasteiger partial charge in [-0.05, 0) is 37.6 Å². The van der Waals surface area contributed by atoms with E-state index >= 15 is 0 Å². The van der Waals surface area contributed by atoms with Crippen molar-refractivity contribution in [2.75, 3.05) is 13.7 Å². The number of nitrogens with one attached hydrogen (secondary N) is 1. The fraction of sp³-hybridized carbons (Fsp3) is 0.261. The summed E-state index contributed by atoms with van der Waals surface area (Å²) in [4.78, 5) is 45.5. The molecule has 0 fully saturated rings. The third-order valence-electron chi connectivity index (χ3n) is 4.75. The Morgan fingerprint density at radius 2 is 1.65 bits per heavy atom. The minimum absolute atomic E-state index is 0.256. The topological polar surface area (TPSA) is 107 Å². The van der Waals surface area contributed by atoms with Gasteiger partial charge in [-0.2, -0.15) is 0 Å². The van der Waals surface area contributed by atoms with Gasteiger partial charge in [0, 0.05) is 6.42 Å². The van der Waals surface area contributed by atoms with Crippen molar-refractivity contribution >= 4 is 28.9 Å². The maximum atomic E-state index is 12.4. The lowest BCUT2D eigenvalue weighted by atomic mass is 10.1. The highest BCUT2D eigenvalue weighted by Gasteiger charge is 2.22. The number of ether oxygens (including phenoxy) is 2. The number of amides is 1. The average molecular weight is 421 g/mol. The Morgan fingerprint density at radius 3 is 2.32 bits per heavy atom. The zero-order valence-electron chi connectivity index (χ0n) is 17.5. The Morgan fingerprint density at radius 1 is 0.968 bits per heavy atom. The number of carbonyl (C=O) groups is 3. The molecule has 1 amide bonds. The van der Waals surface area contributed by atoms with E-state index in [1.807, 2.05) is 44.2 Å². The van der Waals surface area contributed by atoms with Gasteiger partial charge >= 0.3 is 11.9 Å². The van der Waals surface area contributed by atoms with Gasteiger partial charge in [0.1, 0.15) is 6.04 Å². The standard InChI is InChI=1S/C23H23N3O5/c1-14-15(2)25-19-12-17(9-10-18(19)24-14)22(28)31-13-21(27)26-20(23(29)30-3)11-16-7-5-4-6-8-16/h4-10,12,20H,11,13H2,1-3H3,(H,26,27)/t20-/m1/s1. The first kappa shape index (κ1) is 21.9. The maximum Gasteiger partial charge on any atom is 0.338 e. The number of hydrogen-bond acceptors (Lipinski definition) is 7. The van der Waals surface area contributed by atoms with E-state index in [1.54, 1.807) is 18.2 Å². The highest BCUT2D eigenvalue weighted by molar-refractivity contribution is 5.95. The molecule has 8 nitrogen and oxygen atoms in total. The number of rotatable bonds is 7. The van der Waals surface area contributed by atoms with Crippen LogP contribution < -0.4 is 5.32 Å². The molecule has 0 radical (unpaired) electrons. The molecule has 2 aromatic carbocycles. The van der Waals surface area contributed by atoms with Gasteiger partial charge in [0.25, 0.3) is 5.91 Å². The molecule has 0 saturated carbocycles. The lowest BCUT2D eigenvalue weighted by Crippen LogP contribution is -2.44. The minimum Gasteiger partial charge on any atom is -0.467 e. The van der Waals surface area contributed by atoms with Gasteiger partial charge in [-0.15, -0.1) is 0 Å². The monoisotopic (exact) mass is 421 g/mol. The smallest absolute Gasteiger partial charge is 0.338 e. The summed E-state index contributed by atoms with van der Waals surface area (Å²) >= 11 is 0. The van der Waals surface area contributed by atoms with Crippen LogP contribution in [0, 0.1) is 13.8 Å². The first-order chi connectivity index (χ1) is 14.9. The van der Waals surface area contributed by atoms with Crippen LogP contribution in [0.5, 0.6) is 0 Å². The molecule has 1 aromatic heterocycles. The predicted octanol–water partition coefficient (Wildman–Crippen LogP) is 2.30. The van der Waals surface area contributed by atoms with Crippen molar-refractivity contribution in [2.45, 2.75) is 26.3 Å². The second-order valence-electron chi connectivity index (χ2n) is 7.01. The molecule has 3 aromatic rings. The second kappa shape index (κ2) is 9.80. The highest BCUT2D eigenvalue weighted by atomic mass is 16.5. The Labute approximate surface area is 179 Å². The lowest BCUT2D eigenvalue weighted by molar-refractivity contribution is -0.145. The largest absolute Gasteiger partial charge is 0.467 e. The number of methoxy groups -OCH3 is 1. The number of fused-ring (bicyclic) bond motifs is 1. The van der Waals surface area contributed by atoms with Gasteiger partial charge < -0.3 is 14.8 Å². The Kier molecular flexibility index (Phi) is 6.92. The summed E-state index contributed by atoms with van der Waals surface area (Å²) in [6, 6.07) is 13.1. The molecule has 0 aliphatic heterocycles. The van der Waals surface area contributed by atoms with E-state index in [1.165, 1.54) is 7.11 Å². The van der Waals surface area contributed by atoms with Crippen molar-refractivity contribution in [2.24, 2.45) is 0 Å². The van der Waals surface area contributed by atoms with Crippen LogP contribution in [-0.2, 0) is 25.5 Å². The van der Waals surface area contributed by atoms with Crippen molar-refractivity contribution in [3.8, 4) is 0 Å². The summed E-state index contributed by atoms with van der Waals surface area (Å²) in [5.74, 6) is -1.86. The van der Waals surface area contributed by atoms with Crippen molar-refractivity contribution in [3.63, 3.8) is 0 Å². The third-order valence-corrected chi connectivity index (χ3v) is 4.75. The van der Waals surface area contributed by atoms with E-state index in [0.29, 0.717) is 11.0 Å². The van der Waals surface area contributed by atoms with Gasteiger partial charge in [0.15, 0.2) is 6.61 Å². The molecule has 1 atom stereocenters. The molecule has 8 heteroatoms. The van der Waals surface area contributed by atoms with Crippen LogP contribution in [0.1, 0.15) is 27.3 Å². The van der Waals surface area contributed by atoms with Crippen LogP contribution in [0.3, 0.4) is 0 Å². The molecule has 0 bridgehead atoms. The summed E-state index contributed by atoms with van der Waals surface area (Å²) in [5.41, 5.74) is 3.93. The normalized spacial score (nSPS) is 11.6. The number of nitrogens with zero attached hydrogens (tertiary/aromatic N) is 2. The third kappa shape index (κ3) is 5.63. The zero-order valence-corrected chi connectivity index (χ0v) is 17.5. The average Bonchev–Trinajstić information content (AvgIpc) is 2.77. The second-order valence-corrected chi connectivity index (χ2v) is 7.01. The fourth-order valence-corrected chi connectivity index (χ4v) is 2.99. The molecule has 0 aliphatic rings. The van der Waals surface area contributed by atoms with Crippen molar-refractivity contribution in [1.29, 1.82) is 0 Å². The maximum absolute atomic E-state index is 12.4. The van der Waals surface area contributed by atoms with E-state index in [2.05, 4.69) is 15.3 Å². The Balaban J connectivity index is 1.62. The van der Waals surface area contributed by atoms with Crippen LogP contribution in [0.15, 0.2) is 48.5 Å². The number of aryl methyl sites for hydroxylation is 2. The van der Waals surface area contributed by atoms with E-state index in [-0.39, 0.29) is 12.0 Å². The lowest BCUT2D eigenvalue weighted by Gasteiger charge is -2.16. The summed E-state index contributed by atoms with van der Waals surface area (Å²) in [7, 11) is 1.25. The number of esters is 2. The van der Waals surface area contributed by atoms with Gasteiger partial charge in [-0.1, -0.05) is 30.3 Å². The van der Waals surface area contributed by atoms with E-state index < -0.39 is 30.5 Å². The summed E-state index contributed by atoms with van der Waals surface area (Å²) in [6.45, 7) is 3.17.